The highest BCUT2D eigenvalue weighted by Gasteiger charge is 2.46. The molecule has 0 aliphatic carbocycles. The van der Waals surface area contributed by atoms with Gasteiger partial charge in [0.15, 0.2) is 0 Å². The van der Waals surface area contributed by atoms with Crippen LogP contribution in [0.2, 0.25) is 0 Å². The number of nitrogens with zero attached hydrogens (tertiary/aromatic N) is 1. The number of piperidine rings is 1. The van der Waals surface area contributed by atoms with Crippen molar-refractivity contribution in [2.45, 2.75) is 37.0 Å². The number of carbonyl (C=O) groups is 1. The lowest BCUT2D eigenvalue weighted by Gasteiger charge is -2.48. The predicted octanol–water partition coefficient (Wildman–Crippen LogP) is 4.20. The first kappa shape index (κ1) is 26.8. The molecule has 39 heavy (non-hydrogen) atoms. The van der Waals surface area contributed by atoms with Gasteiger partial charge in [-0.1, -0.05) is 109 Å². The third kappa shape index (κ3) is 6.44. The van der Waals surface area contributed by atoms with Crippen LogP contribution in [0.5, 0.6) is 0 Å². The number of amides is 1. The number of nitrogens with one attached hydrogen (secondary N) is 1. The Labute approximate surface area is 229 Å². The summed E-state index contributed by atoms with van der Waals surface area (Å²) in [7, 11) is 0. The number of aliphatic hydroxyl groups excluding tert-OH is 2. The molecule has 200 valence electrons. The third-order valence-corrected chi connectivity index (χ3v) is 7.29. The van der Waals surface area contributed by atoms with E-state index in [9.17, 15) is 15.0 Å². The van der Waals surface area contributed by atoms with Crippen LogP contribution in [0.25, 0.3) is 0 Å². The van der Waals surface area contributed by atoms with Crippen LogP contribution in [0.3, 0.4) is 0 Å². The van der Waals surface area contributed by atoms with Crippen molar-refractivity contribution in [1.29, 1.82) is 0 Å². The Balaban J connectivity index is 1.45. The largest absolute Gasteiger partial charge is 0.389 e. The molecule has 0 aromatic heterocycles. The number of carbonyl (C=O) groups excluding carboxylic acids is 1. The van der Waals surface area contributed by atoms with E-state index < -0.39 is 24.4 Å². The molecular formula is C33H34N2O4. The van der Waals surface area contributed by atoms with Gasteiger partial charge in [-0.2, -0.15) is 0 Å². The molecule has 5 rings (SSSR count). The van der Waals surface area contributed by atoms with Crippen molar-refractivity contribution in [1.82, 2.24) is 10.2 Å². The molecule has 4 aromatic carbocycles. The van der Waals surface area contributed by atoms with Crippen LogP contribution in [-0.4, -0.2) is 58.5 Å². The molecule has 1 heterocycles. The number of aliphatic hydroxyl groups is 2. The minimum atomic E-state index is -1.05. The van der Waals surface area contributed by atoms with Crippen LogP contribution in [0.1, 0.15) is 33.1 Å². The molecule has 6 nitrogen and oxygen atoms in total. The monoisotopic (exact) mass is 522 g/mol. The number of hydrogen-bond donors (Lipinski definition) is 3. The van der Waals surface area contributed by atoms with Crippen LogP contribution in [-0.2, 0) is 11.3 Å². The minimum Gasteiger partial charge on any atom is -0.389 e. The van der Waals surface area contributed by atoms with Gasteiger partial charge in [0.25, 0.3) is 5.91 Å². The van der Waals surface area contributed by atoms with Gasteiger partial charge in [-0.25, -0.2) is 0 Å². The van der Waals surface area contributed by atoms with Crippen LogP contribution in [0.15, 0.2) is 121 Å². The quantitative estimate of drug-likeness (QED) is 0.307. The molecule has 3 N–H and O–H groups in total. The van der Waals surface area contributed by atoms with Crippen LogP contribution >= 0.6 is 0 Å². The fraction of sp³-hybridized carbons (Fsp3) is 0.242. The smallest absolute Gasteiger partial charge is 0.251 e. The summed E-state index contributed by atoms with van der Waals surface area (Å²) in [5, 5.41) is 26.0. The van der Waals surface area contributed by atoms with Crippen molar-refractivity contribution >= 4 is 5.91 Å². The molecule has 1 aliphatic heterocycles. The number of rotatable bonds is 9. The lowest BCUT2D eigenvalue weighted by molar-refractivity contribution is -0.170. The number of benzene rings is 4. The molecular weight excluding hydrogens is 488 g/mol. The molecule has 4 aromatic rings. The van der Waals surface area contributed by atoms with E-state index in [0.29, 0.717) is 5.56 Å². The fourth-order valence-corrected chi connectivity index (χ4v) is 5.34. The molecule has 0 saturated carbocycles. The summed E-state index contributed by atoms with van der Waals surface area (Å²) in [6.07, 6.45) is -2.80. The van der Waals surface area contributed by atoms with Crippen LogP contribution < -0.4 is 5.32 Å². The Bertz CT molecular complexity index is 1270. The fourth-order valence-electron chi connectivity index (χ4n) is 5.34. The van der Waals surface area contributed by atoms with E-state index in [1.807, 2.05) is 109 Å². The molecule has 0 spiro atoms. The maximum absolute atomic E-state index is 13.0. The normalized spacial score (nSPS) is 21.5. The van der Waals surface area contributed by atoms with E-state index in [4.69, 9.17) is 4.74 Å². The molecule has 6 heteroatoms. The van der Waals surface area contributed by atoms with E-state index in [2.05, 4.69) is 10.2 Å². The standard InChI is InChI=1S/C33H34N2O4/c36-29-22-35(30(25-15-7-2-8-16-25)26-17-9-3-10-18-26)28(21-34-33(38)27-19-11-4-12-20-27)31(37)32(29)39-23-24-13-5-1-6-14-24/h1-20,28-32,36-37H,21-23H2,(H,34,38)/t28-,29+,31-,32-/m1/s1. The van der Waals surface area contributed by atoms with Gasteiger partial charge >= 0.3 is 0 Å². The van der Waals surface area contributed by atoms with Crippen LogP contribution in [0.4, 0.5) is 0 Å². The zero-order valence-corrected chi connectivity index (χ0v) is 21.7. The summed E-state index contributed by atoms with van der Waals surface area (Å²) >= 11 is 0. The zero-order chi connectivity index (χ0) is 27.0. The summed E-state index contributed by atoms with van der Waals surface area (Å²) in [5.41, 5.74) is 3.57. The third-order valence-electron chi connectivity index (χ3n) is 7.29. The zero-order valence-electron chi connectivity index (χ0n) is 21.7. The lowest BCUT2D eigenvalue weighted by atomic mass is 9.87. The van der Waals surface area contributed by atoms with Crippen molar-refractivity contribution in [2.24, 2.45) is 0 Å². The second kappa shape index (κ2) is 12.8. The summed E-state index contributed by atoms with van der Waals surface area (Å²) in [5.74, 6) is -0.216. The summed E-state index contributed by atoms with van der Waals surface area (Å²) in [6.45, 7) is 0.712. The van der Waals surface area contributed by atoms with E-state index in [1.54, 1.807) is 12.1 Å². The van der Waals surface area contributed by atoms with Crippen molar-refractivity contribution in [2.75, 3.05) is 13.1 Å². The number of hydrogen-bond acceptors (Lipinski definition) is 5. The molecule has 4 atom stereocenters. The number of ether oxygens (including phenoxy) is 1. The molecule has 1 amide bonds. The second-order valence-electron chi connectivity index (χ2n) is 9.88. The maximum atomic E-state index is 13.0. The Morgan fingerprint density at radius 2 is 1.31 bits per heavy atom. The summed E-state index contributed by atoms with van der Waals surface area (Å²) < 4.78 is 6.12. The van der Waals surface area contributed by atoms with Crippen molar-refractivity contribution in [3.05, 3.63) is 144 Å². The number of β-amino-alcohol motifs (C(OH)–C–C–N with tert-alkyl or cyclic N) is 1. The first-order valence-corrected chi connectivity index (χ1v) is 13.3. The van der Waals surface area contributed by atoms with E-state index in [1.165, 1.54) is 0 Å². The average molecular weight is 523 g/mol. The van der Waals surface area contributed by atoms with Crippen molar-refractivity contribution < 1.29 is 19.7 Å². The Morgan fingerprint density at radius 3 is 1.87 bits per heavy atom. The van der Waals surface area contributed by atoms with Gasteiger partial charge in [0.2, 0.25) is 0 Å². The van der Waals surface area contributed by atoms with Gasteiger partial charge in [0.05, 0.1) is 30.9 Å². The first-order chi connectivity index (χ1) is 19.1. The Morgan fingerprint density at radius 1 is 0.795 bits per heavy atom. The molecule has 0 unspecified atom stereocenters. The lowest BCUT2D eigenvalue weighted by Crippen LogP contribution is -2.65. The molecule has 1 fully saturated rings. The first-order valence-electron chi connectivity index (χ1n) is 13.3. The van der Waals surface area contributed by atoms with Gasteiger partial charge in [-0.3, -0.25) is 9.69 Å². The SMILES string of the molecule is O=C(NC[C@@H]1[C@@H](O)[C@H](OCc2ccccc2)[C@@H](O)CN1C(c1ccccc1)c1ccccc1)c1ccccc1. The highest BCUT2D eigenvalue weighted by molar-refractivity contribution is 5.94. The highest BCUT2D eigenvalue weighted by Crippen LogP contribution is 2.35. The topological polar surface area (TPSA) is 82.0 Å². The highest BCUT2D eigenvalue weighted by atomic mass is 16.5. The van der Waals surface area contributed by atoms with Gasteiger partial charge in [0.1, 0.15) is 6.10 Å². The van der Waals surface area contributed by atoms with Gasteiger partial charge in [-0.15, -0.1) is 0 Å². The molecule has 0 bridgehead atoms. The van der Waals surface area contributed by atoms with E-state index in [0.717, 1.165) is 16.7 Å². The van der Waals surface area contributed by atoms with E-state index >= 15 is 0 Å². The van der Waals surface area contributed by atoms with Crippen molar-refractivity contribution in [3.8, 4) is 0 Å². The van der Waals surface area contributed by atoms with Crippen molar-refractivity contribution in [3.63, 3.8) is 0 Å². The average Bonchev–Trinajstić information content (AvgIpc) is 2.99. The second-order valence-corrected chi connectivity index (χ2v) is 9.88. The summed E-state index contributed by atoms with van der Waals surface area (Å²) in [4.78, 5) is 15.1. The maximum Gasteiger partial charge on any atom is 0.251 e. The molecule has 1 aliphatic rings. The molecule has 0 radical (unpaired) electrons. The minimum absolute atomic E-state index is 0.184. The van der Waals surface area contributed by atoms with E-state index in [-0.39, 0.29) is 31.6 Å². The Kier molecular flexibility index (Phi) is 8.81. The Hall–Kier alpha value is -3.81. The predicted molar refractivity (Wildman–Crippen MR) is 151 cm³/mol. The summed E-state index contributed by atoms with van der Waals surface area (Å²) in [6, 6.07) is 38.0. The van der Waals surface area contributed by atoms with Gasteiger partial charge in [-0.05, 0) is 28.8 Å². The van der Waals surface area contributed by atoms with Gasteiger partial charge < -0.3 is 20.3 Å². The number of likely N-dealkylation sites (tertiary alicyclic amines) is 1. The van der Waals surface area contributed by atoms with Gasteiger partial charge in [0, 0.05) is 18.7 Å². The molecule has 1 saturated heterocycles. The van der Waals surface area contributed by atoms with Crippen LogP contribution in [0, 0.1) is 0 Å².